The van der Waals surface area contributed by atoms with Crippen molar-refractivity contribution in [1.29, 1.82) is 0 Å². The maximum Gasteiger partial charge on any atom is 0.416 e. The third kappa shape index (κ3) is 4.76. The Labute approximate surface area is 120 Å². The summed E-state index contributed by atoms with van der Waals surface area (Å²) in [5, 5.41) is 9.81. The van der Waals surface area contributed by atoms with Gasteiger partial charge in [0.1, 0.15) is 0 Å². The average Bonchev–Trinajstić information content (AvgIpc) is 2.37. The first-order valence-electron chi connectivity index (χ1n) is 6.19. The fourth-order valence-corrected chi connectivity index (χ4v) is 2.71. The first-order valence-corrected chi connectivity index (χ1v) is 7.17. The van der Waals surface area contributed by atoms with Crippen molar-refractivity contribution in [3.05, 3.63) is 46.0 Å². The Morgan fingerprint density at radius 3 is 2.25 bits per heavy atom. The van der Waals surface area contributed by atoms with Crippen LogP contribution in [-0.4, -0.2) is 11.2 Å². The minimum atomic E-state index is -4.32. The summed E-state index contributed by atoms with van der Waals surface area (Å²) in [4.78, 5) is 0.674. The van der Waals surface area contributed by atoms with E-state index in [0.717, 1.165) is 17.7 Å². The Balaban J connectivity index is 2.73. The second kappa shape index (κ2) is 7.04. The van der Waals surface area contributed by atoms with E-state index >= 15 is 0 Å². The van der Waals surface area contributed by atoms with Crippen molar-refractivity contribution in [3.63, 3.8) is 0 Å². The molecule has 0 fully saturated rings. The second-order valence-electron chi connectivity index (χ2n) is 4.45. The number of alkyl halides is 3. The number of hydrogen-bond acceptors (Lipinski definition) is 3. The van der Waals surface area contributed by atoms with Gasteiger partial charge in [-0.3, -0.25) is 0 Å². The highest BCUT2D eigenvalue weighted by Gasteiger charge is 2.29. The maximum absolute atomic E-state index is 12.4. The van der Waals surface area contributed by atoms with Gasteiger partial charge < -0.3 is 10.8 Å². The number of aliphatic hydroxyl groups excluding tert-OH is 1. The molecule has 6 heteroatoms. The van der Waals surface area contributed by atoms with Crippen molar-refractivity contribution < 1.29 is 18.3 Å². The smallest absolute Gasteiger partial charge is 0.402 e. The predicted molar refractivity (Wildman–Crippen MR) is 75.9 cm³/mol. The third-order valence-electron chi connectivity index (χ3n) is 2.75. The fraction of sp³-hybridized carbons (Fsp3) is 0.429. The van der Waals surface area contributed by atoms with Gasteiger partial charge in [0.2, 0.25) is 0 Å². The van der Waals surface area contributed by atoms with Gasteiger partial charge in [-0.05, 0) is 31.0 Å². The molecule has 0 saturated heterocycles. The summed E-state index contributed by atoms with van der Waals surface area (Å²) in [5.41, 5.74) is 6.34. The van der Waals surface area contributed by atoms with Gasteiger partial charge in [-0.1, -0.05) is 19.1 Å². The van der Waals surface area contributed by atoms with Crippen molar-refractivity contribution in [2.45, 2.75) is 38.3 Å². The van der Waals surface area contributed by atoms with Gasteiger partial charge in [-0.25, -0.2) is 0 Å². The second-order valence-corrected chi connectivity index (χ2v) is 5.47. The standard InChI is InChI=1S/C14H18F3NOS/c1-3-12(19)13(9(2)18)20-8-10-4-6-11(7-5-10)14(15,16)17/h4-7,12,19H,3,8,18H2,1-2H3/b13-9-. The molecule has 0 aliphatic rings. The van der Waals surface area contributed by atoms with Gasteiger partial charge in [0, 0.05) is 16.4 Å². The van der Waals surface area contributed by atoms with E-state index in [1.807, 2.05) is 6.92 Å². The Hall–Kier alpha value is -1.14. The average molecular weight is 305 g/mol. The highest BCUT2D eigenvalue weighted by Crippen LogP contribution is 2.31. The van der Waals surface area contributed by atoms with E-state index in [2.05, 4.69) is 0 Å². The largest absolute Gasteiger partial charge is 0.416 e. The van der Waals surface area contributed by atoms with E-state index in [1.54, 1.807) is 6.92 Å². The van der Waals surface area contributed by atoms with E-state index in [4.69, 9.17) is 5.73 Å². The lowest BCUT2D eigenvalue weighted by Gasteiger charge is -2.15. The maximum atomic E-state index is 12.4. The minimum absolute atomic E-state index is 0.471. The zero-order valence-corrected chi connectivity index (χ0v) is 12.2. The molecule has 1 rings (SSSR count). The van der Waals surface area contributed by atoms with Crippen LogP contribution in [-0.2, 0) is 11.9 Å². The molecule has 3 N–H and O–H groups in total. The van der Waals surface area contributed by atoms with Crippen LogP contribution in [0.1, 0.15) is 31.4 Å². The molecule has 0 aliphatic heterocycles. The molecule has 0 saturated carbocycles. The van der Waals surface area contributed by atoms with Crippen LogP contribution in [0.15, 0.2) is 34.9 Å². The summed E-state index contributed by atoms with van der Waals surface area (Å²) in [6.45, 7) is 3.54. The zero-order valence-electron chi connectivity index (χ0n) is 11.4. The number of halogens is 3. The molecule has 0 aliphatic carbocycles. The molecule has 0 bridgehead atoms. The van der Waals surface area contributed by atoms with Crippen molar-refractivity contribution >= 4 is 11.8 Å². The van der Waals surface area contributed by atoms with Crippen molar-refractivity contribution in [1.82, 2.24) is 0 Å². The van der Waals surface area contributed by atoms with Gasteiger partial charge in [-0.2, -0.15) is 13.2 Å². The molecule has 1 aromatic carbocycles. The number of benzene rings is 1. The molecule has 112 valence electrons. The van der Waals surface area contributed by atoms with E-state index in [-0.39, 0.29) is 0 Å². The molecular formula is C14H18F3NOS. The van der Waals surface area contributed by atoms with Crippen LogP contribution >= 0.6 is 11.8 Å². The zero-order chi connectivity index (χ0) is 15.3. The van der Waals surface area contributed by atoms with Crippen LogP contribution in [0.2, 0.25) is 0 Å². The summed E-state index contributed by atoms with van der Waals surface area (Å²) in [5.74, 6) is 0.471. The SMILES string of the molecule is CCC(O)/C(SCc1ccc(C(F)(F)F)cc1)=C(\C)N. The fourth-order valence-electron chi connectivity index (χ4n) is 1.61. The first-order chi connectivity index (χ1) is 9.25. The number of aliphatic hydroxyl groups is 1. The predicted octanol–water partition coefficient (Wildman–Crippen LogP) is 3.90. The number of hydrogen-bond donors (Lipinski definition) is 2. The minimum Gasteiger partial charge on any atom is -0.402 e. The van der Waals surface area contributed by atoms with E-state index in [1.165, 1.54) is 23.9 Å². The summed E-state index contributed by atoms with van der Waals surface area (Å²) in [6, 6.07) is 5.00. The van der Waals surface area contributed by atoms with E-state index < -0.39 is 17.8 Å². The highest BCUT2D eigenvalue weighted by molar-refractivity contribution is 8.02. The van der Waals surface area contributed by atoms with E-state index in [9.17, 15) is 18.3 Å². The number of thioether (sulfide) groups is 1. The van der Waals surface area contributed by atoms with Crippen LogP contribution in [0, 0.1) is 0 Å². The van der Waals surface area contributed by atoms with Crippen molar-refractivity contribution in [2.75, 3.05) is 0 Å². The number of nitrogens with two attached hydrogens (primary N) is 1. The first kappa shape index (κ1) is 16.9. The third-order valence-corrected chi connectivity index (χ3v) is 4.14. The molecule has 0 aromatic heterocycles. The van der Waals surface area contributed by atoms with Gasteiger partial charge in [-0.15, -0.1) is 11.8 Å². The normalized spacial score (nSPS) is 14.9. The molecule has 20 heavy (non-hydrogen) atoms. The molecule has 0 radical (unpaired) electrons. The summed E-state index contributed by atoms with van der Waals surface area (Å²) < 4.78 is 37.3. The quantitative estimate of drug-likeness (QED) is 0.867. The summed E-state index contributed by atoms with van der Waals surface area (Å²) >= 11 is 1.35. The lowest BCUT2D eigenvalue weighted by molar-refractivity contribution is -0.137. The van der Waals surface area contributed by atoms with Crippen LogP contribution < -0.4 is 5.73 Å². The molecule has 2 nitrogen and oxygen atoms in total. The summed E-state index contributed by atoms with van der Waals surface area (Å²) in [7, 11) is 0. The lowest BCUT2D eigenvalue weighted by atomic mass is 10.1. The molecule has 0 spiro atoms. The molecule has 0 heterocycles. The Kier molecular flexibility index (Phi) is 5.95. The monoisotopic (exact) mass is 305 g/mol. The Morgan fingerprint density at radius 2 is 1.85 bits per heavy atom. The highest BCUT2D eigenvalue weighted by atomic mass is 32.2. The molecular weight excluding hydrogens is 287 g/mol. The summed E-state index contributed by atoms with van der Waals surface area (Å²) in [6.07, 6.45) is -4.40. The van der Waals surface area contributed by atoms with Gasteiger partial charge >= 0.3 is 6.18 Å². The Morgan fingerprint density at radius 1 is 1.30 bits per heavy atom. The topological polar surface area (TPSA) is 46.2 Å². The van der Waals surface area contributed by atoms with Crippen LogP contribution in [0.3, 0.4) is 0 Å². The molecule has 0 amide bonds. The van der Waals surface area contributed by atoms with Gasteiger partial charge in [0.25, 0.3) is 0 Å². The lowest BCUT2D eigenvalue weighted by Crippen LogP contribution is -2.11. The van der Waals surface area contributed by atoms with Gasteiger partial charge in [0.15, 0.2) is 0 Å². The number of rotatable bonds is 5. The van der Waals surface area contributed by atoms with Gasteiger partial charge in [0.05, 0.1) is 11.7 Å². The molecule has 1 unspecified atom stereocenters. The van der Waals surface area contributed by atoms with Crippen molar-refractivity contribution in [3.8, 4) is 0 Å². The molecule has 1 atom stereocenters. The van der Waals surface area contributed by atoms with Crippen LogP contribution in [0.5, 0.6) is 0 Å². The molecule has 1 aromatic rings. The van der Waals surface area contributed by atoms with Crippen LogP contribution in [0.4, 0.5) is 13.2 Å². The van der Waals surface area contributed by atoms with Crippen LogP contribution in [0.25, 0.3) is 0 Å². The number of allylic oxidation sites excluding steroid dienone is 1. The van der Waals surface area contributed by atoms with E-state index in [0.29, 0.717) is 22.8 Å². The Bertz CT molecular complexity index is 464. The van der Waals surface area contributed by atoms with Crippen molar-refractivity contribution in [2.24, 2.45) is 5.73 Å².